The summed E-state index contributed by atoms with van der Waals surface area (Å²) in [5.41, 5.74) is 3.56. The molecule has 0 spiro atoms. The molecule has 1 heterocycles. The van der Waals surface area contributed by atoms with E-state index in [0.29, 0.717) is 0 Å². The fourth-order valence-corrected chi connectivity index (χ4v) is 4.52. The highest BCUT2D eigenvalue weighted by molar-refractivity contribution is 7.99. The maximum absolute atomic E-state index is 10.8. The van der Waals surface area contributed by atoms with Crippen LogP contribution in [0.2, 0.25) is 0 Å². The molecule has 1 aromatic rings. The molecule has 1 fully saturated rings. The van der Waals surface area contributed by atoms with Gasteiger partial charge in [-0.1, -0.05) is 43.2 Å². The minimum Gasteiger partial charge on any atom is -0.389 e. The number of hydrogen-bond donors (Lipinski definition) is 1. The molecule has 2 heteroatoms. The first-order valence-electron chi connectivity index (χ1n) is 6.65. The molecular formula is C16H24OS. The third kappa shape index (κ3) is 3.52. The van der Waals surface area contributed by atoms with E-state index in [4.69, 9.17) is 0 Å². The molecule has 1 nitrogen and oxygen atoms in total. The SMILES string of the molecule is Cc1cc(C)cc(CC2(O)CSCC(C)(C)C2)c1. The van der Waals surface area contributed by atoms with Gasteiger partial charge in [0.1, 0.15) is 0 Å². The molecule has 1 aliphatic heterocycles. The summed E-state index contributed by atoms with van der Waals surface area (Å²) in [5.74, 6) is 2.02. The lowest BCUT2D eigenvalue weighted by atomic mass is 9.79. The predicted octanol–water partition coefficient (Wildman–Crippen LogP) is 3.74. The van der Waals surface area contributed by atoms with Gasteiger partial charge in [-0.25, -0.2) is 0 Å². The Balaban J connectivity index is 2.16. The van der Waals surface area contributed by atoms with Crippen molar-refractivity contribution in [2.24, 2.45) is 5.41 Å². The highest BCUT2D eigenvalue weighted by Crippen LogP contribution is 2.40. The number of thioether (sulfide) groups is 1. The molecule has 0 bridgehead atoms. The van der Waals surface area contributed by atoms with Crippen molar-refractivity contribution < 1.29 is 5.11 Å². The van der Waals surface area contributed by atoms with Gasteiger partial charge in [0.2, 0.25) is 0 Å². The molecule has 18 heavy (non-hydrogen) atoms. The Labute approximate surface area is 115 Å². The van der Waals surface area contributed by atoms with Crippen LogP contribution in [0.15, 0.2) is 18.2 Å². The van der Waals surface area contributed by atoms with E-state index in [9.17, 15) is 5.11 Å². The van der Waals surface area contributed by atoms with Crippen molar-refractivity contribution in [1.29, 1.82) is 0 Å². The van der Waals surface area contributed by atoms with Crippen LogP contribution in [0.5, 0.6) is 0 Å². The van der Waals surface area contributed by atoms with Crippen molar-refractivity contribution >= 4 is 11.8 Å². The number of hydrogen-bond acceptors (Lipinski definition) is 2. The summed E-state index contributed by atoms with van der Waals surface area (Å²) in [6.07, 6.45) is 1.69. The zero-order valence-electron chi connectivity index (χ0n) is 11.9. The van der Waals surface area contributed by atoms with Crippen molar-refractivity contribution in [3.8, 4) is 0 Å². The lowest BCUT2D eigenvalue weighted by Gasteiger charge is -2.41. The van der Waals surface area contributed by atoms with E-state index in [1.807, 2.05) is 11.8 Å². The second-order valence-electron chi connectivity index (χ2n) is 6.73. The summed E-state index contributed by atoms with van der Waals surface area (Å²) in [6.45, 7) is 8.76. The molecule has 1 N–H and O–H groups in total. The Hall–Kier alpha value is -0.470. The third-order valence-electron chi connectivity index (χ3n) is 3.49. The molecule has 1 unspecified atom stereocenters. The average molecular weight is 264 g/mol. The van der Waals surface area contributed by atoms with Crippen LogP contribution in [0.1, 0.15) is 37.0 Å². The molecule has 0 aliphatic carbocycles. The average Bonchev–Trinajstić information content (AvgIpc) is 2.11. The standard InChI is InChI=1S/C16H24OS/c1-12-5-13(2)7-14(6-12)8-16(17)9-15(3,4)10-18-11-16/h5-7,17H,8-11H2,1-4H3. The van der Waals surface area contributed by atoms with E-state index in [2.05, 4.69) is 45.9 Å². The van der Waals surface area contributed by atoms with Gasteiger partial charge in [-0.2, -0.15) is 11.8 Å². The number of rotatable bonds is 2. The minimum atomic E-state index is -0.535. The van der Waals surface area contributed by atoms with Gasteiger partial charge >= 0.3 is 0 Å². The van der Waals surface area contributed by atoms with E-state index in [0.717, 1.165) is 24.3 Å². The largest absolute Gasteiger partial charge is 0.389 e. The first-order chi connectivity index (χ1) is 8.28. The Morgan fingerprint density at radius 1 is 1.11 bits per heavy atom. The van der Waals surface area contributed by atoms with Crippen LogP contribution in [0.4, 0.5) is 0 Å². The number of aliphatic hydroxyl groups is 1. The van der Waals surface area contributed by atoms with Gasteiger partial charge in [-0.3, -0.25) is 0 Å². The van der Waals surface area contributed by atoms with Crippen LogP contribution in [0.25, 0.3) is 0 Å². The maximum atomic E-state index is 10.8. The highest BCUT2D eigenvalue weighted by atomic mass is 32.2. The fraction of sp³-hybridized carbons (Fsp3) is 0.625. The molecule has 1 atom stereocenters. The van der Waals surface area contributed by atoms with Crippen molar-refractivity contribution in [3.63, 3.8) is 0 Å². The Morgan fingerprint density at radius 2 is 1.72 bits per heavy atom. The van der Waals surface area contributed by atoms with Crippen LogP contribution in [-0.2, 0) is 6.42 Å². The monoisotopic (exact) mass is 264 g/mol. The minimum absolute atomic E-state index is 0.247. The molecule has 100 valence electrons. The maximum Gasteiger partial charge on any atom is 0.0783 e. The van der Waals surface area contributed by atoms with Crippen molar-refractivity contribution in [2.75, 3.05) is 11.5 Å². The van der Waals surface area contributed by atoms with Crippen molar-refractivity contribution in [1.82, 2.24) is 0 Å². The Morgan fingerprint density at radius 3 is 2.28 bits per heavy atom. The molecule has 1 aliphatic rings. The van der Waals surface area contributed by atoms with E-state index in [1.54, 1.807) is 0 Å². The van der Waals surface area contributed by atoms with Crippen LogP contribution in [0, 0.1) is 19.3 Å². The normalized spacial score (nSPS) is 27.2. The van der Waals surface area contributed by atoms with Gasteiger partial charge < -0.3 is 5.11 Å². The molecule has 0 saturated carbocycles. The van der Waals surface area contributed by atoms with Gasteiger partial charge in [0.25, 0.3) is 0 Å². The van der Waals surface area contributed by atoms with E-state index in [1.165, 1.54) is 16.7 Å². The van der Waals surface area contributed by atoms with Crippen LogP contribution < -0.4 is 0 Å². The van der Waals surface area contributed by atoms with Crippen molar-refractivity contribution in [3.05, 3.63) is 34.9 Å². The molecule has 0 radical (unpaired) electrons. The van der Waals surface area contributed by atoms with Gasteiger partial charge in [0.15, 0.2) is 0 Å². The topological polar surface area (TPSA) is 20.2 Å². The van der Waals surface area contributed by atoms with Gasteiger partial charge in [0.05, 0.1) is 5.60 Å². The summed E-state index contributed by atoms with van der Waals surface area (Å²) in [6, 6.07) is 6.60. The zero-order chi connectivity index (χ0) is 13.4. The summed E-state index contributed by atoms with van der Waals surface area (Å²) in [5, 5.41) is 10.8. The third-order valence-corrected chi connectivity index (χ3v) is 5.21. The lowest BCUT2D eigenvalue weighted by Crippen LogP contribution is -2.44. The van der Waals surface area contributed by atoms with E-state index in [-0.39, 0.29) is 5.41 Å². The molecule has 2 rings (SSSR count). The highest BCUT2D eigenvalue weighted by Gasteiger charge is 2.38. The first-order valence-corrected chi connectivity index (χ1v) is 7.81. The van der Waals surface area contributed by atoms with E-state index >= 15 is 0 Å². The Bertz CT molecular complexity index is 418. The van der Waals surface area contributed by atoms with Crippen LogP contribution >= 0.6 is 11.8 Å². The summed E-state index contributed by atoms with van der Waals surface area (Å²) in [7, 11) is 0. The van der Waals surface area contributed by atoms with E-state index < -0.39 is 5.60 Å². The number of benzene rings is 1. The first kappa shape index (κ1) is 14.0. The molecular weight excluding hydrogens is 240 g/mol. The zero-order valence-corrected chi connectivity index (χ0v) is 12.7. The predicted molar refractivity (Wildman–Crippen MR) is 80.3 cm³/mol. The van der Waals surface area contributed by atoms with Gasteiger partial charge in [-0.05, 0) is 37.0 Å². The molecule has 0 amide bonds. The second-order valence-corrected chi connectivity index (χ2v) is 7.72. The quantitative estimate of drug-likeness (QED) is 0.878. The summed E-state index contributed by atoms with van der Waals surface area (Å²) < 4.78 is 0. The summed E-state index contributed by atoms with van der Waals surface area (Å²) in [4.78, 5) is 0. The van der Waals surface area contributed by atoms with Crippen molar-refractivity contribution in [2.45, 2.75) is 46.1 Å². The van der Waals surface area contributed by atoms with Gasteiger partial charge in [-0.15, -0.1) is 0 Å². The second kappa shape index (κ2) is 4.90. The van der Waals surface area contributed by atoms with Crippen LogP contribution in [-0.4, -0.2) is 22.2 Å². The molecule has 1 aromatic carbocycles. The molecule has 1 saturated heterocycles. The smallest absolute Gasteiger partial charge is 0.0783 e. The van der Waals surface area contributed by atoms with Crippen LogP contribution in [0.3, 0.4) is 0 Å². The Kier molecular flexibility index (Phi) is 3.80. The summed E-state index contributed by atoms with van der Waals surface area (Å²) >= 11 is 1.89. The molecule has 0 aromatic heterocycles. The lowest BCUT2D eigenvalue weighted by molar-refractivity contribution is 0.0200. The number of aryl methyl sites for hydroxylation is 2. The van der Waals surface area contributed by atoms with Gasteiger partial charge in [0, 0.05) is 12.2 Å². The fourth-order valence-electron chi connectivity index (χ4n) is 3.17.